The second-order valence-electron chi connectivity index (χ2n) is 10.6. The first-order chi connectivity index (χ1) is 17.8. The van der Waals surface area contributed by atoms with Gasteiger partial charge in [-0.25, -0.2) is 0 Å². The summed E-state index contributed by atoms with van der Waals surface area (Å²) in [4.78, 5) is 33.2. The minimum atomic E-state index is -1.21. The number of carbonyl (C=O) groups excluding carboxylic acids is 1. The maximum atomic E-state index is 11.1. The van der Waals surface area contributed by atoms with Gasteiger partial charge in [0.2, 0.25) is 0 Å². The van der Waals surface area contributed by atoms with E-state index in [4.69, 9.17) is 10.2 Å². The monoisotopic (exact) mass is 525 g/mol. The van der Waals surface area contributed by atoms with Crippen molar-refractivity contribution < 1.29 is 34.2 Å². The lowest BCUT2D eigenvalue weighted by molar-refractivity contribution is -0.878. The van der Waals surface area contributed by atoms with Gasteiger partial charge in [0.25, 0.3) is 0 Å². The SMILES string of the molecule is CCCCCCCCCCCCCCCCCCC/C=C/[N+](CCC(=O)[O-])(CCC(=O)O)CCC(=O)O. The molecule has 7 heteroatoms. The van der Waals surface area contributed by atoms with Gasteiger partial charge in [-0.1, -0.05) is 110 Å². The van der Waals surface area contributed by atoms with Gasteiger partial charge in [-0.05, 0) is 18.9 Å². The molecule has 216 valence electrons. The molecule has 0 bridgehead atoms. The molecule has 0 atom stereocenters. The molecule has 0 aliphatic carbocycles. The highest BCUT2D eigenvalue weighted by molar-refractivity contribution is 5.67. The molecular weight excluding hydrogens is 470 g/mol. The number of rotatable bonds is 28. The molecule has 0 saturated heterocycles. The van der Waals surface area contributed by atoms with E-state index in [0.717, 1.165) is 19.3 Å². The van der Waals surface area contributed by atoms with Gasteiger partial charge in [-0.3, -0.25) is 14.1 Å². The van der Waals surface area contributed by atoms with Crippen molar-refractivity contribution in [1.29, 1.82) is 0 Å². The van der Waals surface area contributed by atoms with E-state index in [1.54, 1.807) is 0 Å². The first-order valence-corrected chi connectivity index (χ1v) is 15.0. The topological polar surface area (TPSA) is 115 Å². The lowest BCUT2D eigenvalue weighted by Gasteiger charge is -2.34. The summed E-state index contributed by atoms with van der Waals surface area (Å²) in [7, 11) is 0. The van der Waals surface area contributed by atoms with E-state index in [2.05, 4.69) is 6.92 Å². The Morgan fingerprint density at radius 3 is 1.30 bits per heavy atom. The van der Waals surface area contributed by atoms with E-state index in [1.807, 2.05) is 12.3 Å². The quantitative estimate of drug-likeness (QED) is 0.0896. The first kappa shape index (κ1) is 35.1. The van der Waals surface area contributed by atoms with Crippen LogP contribution in [0.3, 0.4) is 0 Å². The van der Waals surface area contributed by atoms with Crippen LogP contribution in [0.1, 0.15) is 142 Å². The fraction of sp³-hybridized carbons (Fsp3) is 0.833. The molecule has 0 aromatic rings. The van der Waals surface area contributed by atoms with Crippen LogP contribution in [-0.2, 0) is 14.4 Å². The number of allylic oxidation sites excluding steroid dienone is 1. The van der Waals surface area contributed by atoms with Crippen molar-refractivity contribution >= 4 is 17.9 Å². The van der Waals surface area contributed by atoms with E-state index in [-0.39, 0.29) is 43.4 Å². The maximum Gasteiger partial charge on any atom is 0.309 e. The van der Waals surface area contributed by atoms with Gasteiger partial charge < -0.3 is 20.1 Å². The summed E-state index contributed by atoms with van der Waals surface area (Å²) in [5.74, 6) is -3.17. The van der Waals surface area contributed by atoms with E-state index in [1.165, 1.54) is 96.3 Å². The highest BCUT2D eigenvalue weighted by atomic mass is 16.4. The largest absolute Gasteiger partial charge is 0.550 e. The molecule has 0 fully saturated rings. The van der Waals surface area contributed by atoms with Crippen LogP contribution in [-0.4, -0.2) is 52.2 Å². The van der Waals surface area contributed by atoms with Crippen molar-refractivity contribution in [3.8, 4) is 0 Å². The van der Waals surface area contributed by atoms with Gasteiger partial charge in [0.05, 0.1) is 38.7 Å². The van der Waals surface area contributed by atoms with Gasteiger partial charge >= 0.3 is 11.9 Å². The van der Waals surface area contributed by atoms with Crippen LogP contribution < -0.4 is 5.11 Å². The molecule has 0 amide bonds. The molecule has 0 aliphatic rings. The average Bonchev–Trinajstić information content (AvgIpc) is 2.85. The lowest BCUT2D eigenvalue weighted by Crippen LogP contribution is -2.48. The van der Waals surface area contributed by atoms with Crippen LogP contribution in [0.5, 0.6) is 0 Å². The van der Waals surface area contributed by atoms with Crippen molar-refractivity contribution in [2.75, 3.05) is 19.6 Å². The molecular formula is C30H55NO6. The van der Waals surface area contributed by atoms with Crippen LogP contribution in [0, 0.1) is 0 Å². The summed E-state index contributed by atoms with van der Waals surface area (Å²) < 4.78 is 0.0472. The smallest absolute Gasteiger partial charge is 0.309 e. The molecule has 2 N–H and O–H groups in total. The van der Waals surface area contributed by atoms with Crippen LogP contribution in [0.4, 0.5) is 0 Å². The normalized spacial score (nSPS) is 11.8. The van der Waals surface area contributed by atoms with Crippen LogP contribution in [0.15, 0.2) is 12.3 Å². The molecule has 0 heterocycles. The Morgan fingerprint density at radius 2 is 0.946 bits per heavy atom. The number of unbranched alkanes of at least 4 members (excludes halogenated alkanes) is 17. The fourth-order valence-corrected chi connectivity index (χ4v) is 4.79. The summed E-state index contributed by atoms with van der Waals surface area (Å²) in [5.41, 5.74) is 0. The number of nitrogens with zero attached hydrogens (tertiary/aromatic N) is 1. The van der Waals surface area contributed by atoms with Gasteiger partial charge in [0.1, 0.15) is 0 Å². The predicted molar refractivity (Wildman–Crippen MR) is 147 cm³/mol. The Balaban J connectivity index is 4.00. The number of hydrogen-bond acceptors (Lipinski definition) is 4. The van der Waals surface area contributed by atoms with Crippen LogP contribution in [0.25, 0.3) is 0 Å². The number of carbonyl (C=O) groups is 3. The Morgan fingerprint density at radius 1 is 0.595 bits per heavy atom. The zero-order valence-corrected chi connectivity index (χ0v) is 23.6. The fourth-order valence-electron chi connectivity index (χ4n) is 4.79. The Labute approximate surface area is 225 Å². The van der Waals surface area contributed by atoms with Crippen molar-refractivity contribution in [3.63, 3.8) is 0 Å². The van der Waals surface area contributed by atoms with Crippen molar-refractivity contribution in [2.45, 2.75) is 142 Å². The molecule has 0 unspecified atom stereocenters. The van der Waals surface area contributed by atoms with Crippen molar-refractivity contribution in [2.24, 2.45) is 0 Å². The molecule has 0 aromatic heterocycles. The van der Waals surface area contributed by atoms with Gasteiger partial charge in [0, 0.05) is 12.4 Å². The molecule has 0 aliphatic heterocycles. The molecule has 37 heavy (non-hydrogen) atoms. The second-order valence-corrected chi connectivity index (χ2v) is 10.6. The summed E-state index contributed by atoms with van der Waals surface area (Å²) >= 11 is 0. The second kappa shape index (κ2) is 24.4. The summed E-state index contributed by atoms with van der Waals surface area (Å²) in [6.07, 6.45) is 26.5. The van der Waals surface area contributed by atoms with Crippen molar-refractivity contribution in [1.82, 2.24) is 0 Å². The number of carboxylic acid groups (broad SMARTS) is 3. The molecule has 0 radical (unpaired) electrons. The highest BCUT2D eigenvalue weighted by Crippen LogP contribution is 2.17. The van der Waals surface area contributed by atoms with Gasteiger partial charge in [-0.2, -0.15) is 0 Å². The Hall–Kier alpha value is -1.89. The maximum absolute atomic E-state index is 11.1. The van der Waals surface area contributed by atoms with E-state index >= 15 is 0 Å². The van der Waals surface area contributed by atoms with Crippen LogP contribution >= 0.6 is 0 Å². The average molecular weight is 526 g/mol. The third-order valence-electron chi connectivity index (χ3n) is 7.20. The minimum absolute atomic E-state index is 0.0472. The molecule has 0 saturated carbocycles. The van der Waals surface area contributed by atoms with Gasteiger partial charge in [0.15, 0.2) is 0 Å². The Kier molecular flexibility index (Phi) is 23.2. The summed E-state index contributed by atoms with van der Waals surface area (Å²) in [6.45, 7) is 2.74. The zero-order chi connectivity index (χ0) is 27.6. The molecule has 0 aromatic carbocycles. The van der Waals surface area contributed by atoms with Gasteiger partial charge in [-0.15, -0.1) is 0 Å². The van der Waals surface area contributed by atoms with E-state index < -0.39 is 17.9 Å². The summed E-state index contributed by atoms with van der Waals surface area (Å²) in [6, 6.07) is 0. The molecule has 7 nitrogen and oxygen atoms in total. The third kappa shape index (κ3) is 24.2. The predicted octanol–water partition coefficient (Wildman–Crippen LogP) is 6.45. The van der Waals surface area contributed by atoms with Crippen molar-refractivity contribution in [3.05, 3.63) is 12.3 Å². The number of hydrogen-bond donors (Lipinski definition) is 2. The van der Waals surface area contributed by atoms with E-state index in [0.29, 0.717) is 0 Å². The number of aliphatic carboxylic acids is 3. The molecule has 0 spiro atoms. The minimum Gasteiger partial charge on any atom is -0.550 e. The summed E-state index contributed by atoms with van der Waals surface area (Å²) in [5, 5.41) is 29.2. The van der Waals surface area contributed by atoms with Crippen LogP contribution in [0.2, 0.25) is 0 Å². The van der Waals surface area contributed by atoms with E-state index in [9.17, 15) is 19.5 Å². The number of carboxylic acids is 3. The third-order valence-corrected chi connectivity index (χ3v) is 7.20. The highest BCUT2D eigenvalue weighted by Gasteiger charge is 2.26. The molecule has 0 rings (SSSR count). The zero-order valence-electron chi connectivity index (χ0n) is 23.6. The standard InChI is InChI=1S/C30H55NO6/c1-2-3-4-5-6-7-8-9-10-11-12-13-14-15-16-17-18-19-20-24-31(25-21-28(32)33,26-22-29(34)35)27-23-30(36)37/h20,24H,2-19,21-23,25-27H2,1H3,(H2-,32,33,34,35,36,37)/b24-20+. The first-order valence-electron chi connectivity index (χ1n) is 15.0. The number of quaternary nitrogens is 1. The Bertz CT molecular complexity index is 574. The lowest BCUT2D eigenvalue weighted by atomic mass is 10.0.